The molecule has 1 atom stereocenters. The number of nitrogens with zero attached hydrogens (tertiary/aromatic N) is 1. The number of halogens is 1. The summed E-state index contributed by atoms with van der Waals surface area (Å²) >= 11 is 1.50. The highest BCUT2D eigenvalue weighted by molar-refractivity contribution is 7.89. The highest BCUT2D eigenvalue weighted by atomic mass is 32.2. The van der Waals surface area contributed by atoms with E-state index in [-0.39, 0.29) is 0 Å². The quantitative estimate of drug-likeness (QED) is 0.602. The molecule has 10 heteroatoms. The Labute approximate surface area is 173 Å². The number of amides is 1. The van der Waals surface area contributed by atoms with Gasteiger partial charge in [0.25, 0.3) is 5.91 Å². The topological polar surface area (TPSA) is 92.8 Å². The minimum absolute atomic E-state index is 0.377. The van der Waals surface area contributed by atoms with Gasteiger partial charge in [0, 0.05) is 11.9 Å². The molecular weight excluding hydrogens is 419 g/mol. The number of carbonyl (C=O) groups is 2. The second-order valence-electron chi connectivity index (χ2n) is 6.71. The summed E-state index contributed by atoms with van der Waals surface area (Å²) in [7, 11) is -2.71. The highest BCUT2D eigenvalue weighted by Gasteiger charge is 2.31. The van der Waals surface area contributed by atoms with Crippen molar-refractivity contribution in [3.63, 3.8) is 0 Å². The standard InChI is InChI=1S/C19H23FN2O5S2/c1-13(2)18(21-29(25,26)16-9-5-4-8-15(16)20)19(24)27-12-17(23)22(3)11-14-7-6-10-28-14/h4-10,13,18,21H,11-12H2,1-3H3. The first-order chi connectivity index (χ1) is 13.6. The van der Waals surface area contributed by atoms with Crippen molar-refractivity contribution >= 4 is 33.2 Å². The maximum absolute atomic E-state index is 13.9. The van der Waals surface area contributed by atoms with Crippen LogP contribution in [0.1, 0.15) is 18.7 Å². The lowest BCUT2D eigenvalue weighted by atomic mass is 10.1. The molecule has 1 N–H and O–H groups in total. The monoisotopic (exact) mass is 442 g/mol. The van der Waals surface area contributed by atoms with Crippen molar-refractivity contribution in [3.05, 3.63) is 52.5 Å². The second kappa shape index (κ2) is 9.95. The molecule has 7 nitrogen and oxygen atoms in total. The molecule has 1 amide bonds. The summed E-state index contributed by atoms with van der Waals surface area (Å²) in [5.74, 6) is -2.74. The number of nitrogens with one attached hydrogen (secondary N) is 1. The molecule has 2 rings (SSSR count). The molecule has 0 bridgehead atoms. The molecule has 1 aromatic carbocycles. The van der Waals surface area contributed by atoms with Gasteiger partial charge < -0.3 is 9.64 Å². The van der Waals surface area contributed by atoms with Gasteiger partial charge in [-0.1, -0.05) is 32.0 Å². The van der Waals surface area contributed by atoms with Crippen molar-refractivity contribution in [1.82, 2.24) is 9.62 Å². The van der Waals surface area contributed by atoms with Crippen LogP contribution in [0.2, 0.25) is 0 Å². The van der Waals surface area contributed by atoms with E-state index in [2.05, 4.69) is 4.72 Å². The molecule has 0 aliphatic rings. The Morgan fingerprint density at radius 2 is 1.90 bits per heavy atom. The normalized spacial score (nSPS) is 12.6. The first-order valence-electron chi connectivity index (χ1n) is 8.81. The van der Waals surface area contributed by atoms with Gasteiger partial charge in [0.05, 0.1) is 6.54 Å². The van der Waals surface area contributed by atoms with Gasteiger partial charge in [-0.15, -0.1) is 11.3 Å². The number of hydrogen-bond donors (Lipinski definition) is 1. The van der Waals surface area contributed by atoms with E-state index < -0.39 is 51.2 Å². The van der Waals surface area contributed by atoms with Crippen LogP contribution in [-0.4, -0.2) is 44.9 Å². The van der Waals surface area contributed by atoms with Crippen LogP contribution in [0.5, 0.6) is 0 Å². The number of esters is 1. The summed E-state index contributed by atoms with van der Waals surface area (Å²) < 4.78 is 46.0. The Kier molecular flexibility index (Phi) is 7.88. The van der Waals surface area contributed by atoms with E-state index in [1.165, 1.54) is 28.4 Å². The van der Waals surface area contributed by atoms with Crippen LogP contribution < -0.4 is 4.72 Å². The summed E-state index contributed by atoms with van der Waals surface area (Å²) in [4.78, 5) is 26.4. The van der Waals surface area contributed by atoms with Crippen LogP contribution >= 0.6 is 11.3 Å². The third kappa shape index (κ3) is 6.34. The Balaban J connectivity index is 2.00. The van der Waals surface area contributed by atoms with Gasteiger partial charge >= 0.3 is 5.97 Å². The maximum Gasteiger partial charge on any atom is 0.324 e. The van der Waals surface area contributed by atoms with Gasteiger partial charge in [-0.25, -0.2) is 12.8 Å². The van der Waals surface area contributed by atoms with Crippen LogP contribution in [0.3, 0.4) is 0 Å². The fourth-order valence-electron chi connectivity index (χ4n) is 2.41. The van der Waals surface area contributed by atoms with E-state index in [0.29, 0.717) is 6.54 Å². The largest absolute Gasteiger partial charge is 0.454 e. The van der Waals surface area contributed by atoms with Crippen molar-refractivity contribution in [2.45, 2.75) is 31.3 Å². The van der Waals surface area contributed by atoms with Gasteiger partial charge in [0.2, 0.25) is 10.0 Å². The van der Waals surface area contributed by atoms with E-state index in [9.17, 15) is 22.4 Å². The zero-order chi connectivity index (χ0) is 21.6. The number of thiophene rings is 1. The van der Waals surface area contributed by atoms with Crippen LogP contribution in [0, 0.1) is 11.7 Å². The van der Waals surface area contributed by atoms with Crippen LogP contribution in [-0.2, 0) is 30.9 Å². The van der Waals surface area contributed by atoms with Gasteiger partial charge in [0.15, 0.2) is 6.61 Å². The summed E-state index contributed by atoms with van der Waals surface area (Å²) in [6, 6.07) is 7.33. The Morgan fingerprint density at radius 3 is 2.48 bits per heavy atom. The van der Waals surface area contributed by atoms with Crippen LogP contribution in [0.4, 0.5) is 4.39 Å². The lowest BCUT2D eigenvalue weighted by Gasteiger charge is -2.22. The number of benzene rings is 1. The SMILES string of the molecule is CC(C)C(NS(=O)(=O)c1ccccc1F)C(=O)OCC(=O)N(C)Cc1cccs1. The molecule has 0 fully saturated rings. The fourth-order valence-corrected chi connectivity index (χ4v) is 4.58. The van der Waals surface area contributed by atoms with Crippen molar-refractivity contribution < 1.29 is 27.1 Å². The third-order valence-corrected chi connectivity index (χ3v) is 6.40. The molecule has 0 aliphatic heterocycles. The molecule has 1 unspecified atom stereocenters. The molecule has 2 aromatic rings. The van der Waals surface area contributed by atoms with Gasteiger partial charge in [-0.2, -0.15) is 4.72 Å². The zero-order valence-electron chi connectivity index (χ0n) is 16.3. The number of rotatable bonds is 9. The van der Waals surface area contributed by atoms with Crippen molar-refractivity contribution in [2.24, 2.45) is 5.92 Å². The number of likely N-dealkylation sites (N-methyl/N-ethyl adjacent to an activating group) is 1. The molecule has 1 heterocycles. The molecule has 0 aliphatic carbocycles. The minimum Gasteiger partial charge on any atom is -0.454 e. The van der Waals surface area contributed by atoms with E-state index in [4.69, 9.17) is 4.74 Å². The number of sulfonamides is 1. The summed E-state index contributed by atoms with van der Waals surface area (Å²) in [6.45, 7) is 3.08. The molecule has 0 saturated heterocycles. The number of ether oxygens (including phenoxy) is 1. The molecule has 0 spiro atoms. The second-order valence-corrected chi connectivity index (χ2v) is 9.42. The average molecular weight is 443 g/mol. The average Bonchev–Trinajstić information content (AvgIpc) is 3.16. The predicted molar refractivity (Wildman–Crippen MR) is 107 cm³/mol. The van der Waals surface area contributed by atoms with Crippen molar-refractivity contribution in [2.75, 3.05) is 13.7 Å². The van der Waals surface area contributed by atoms with Crippen LogP contribution in [0.25, 0.3) is 0 Å². The Morgan fingerprint density at radius 1 is 1.21 bits per heavy atom. The molecular formula is C19H23FN2O5S2. The molecule has 1 aromatic heterocycles. The van der Waals surface area contributed by atoms with E-state index >= 15 is 0 Å². The number of hydrogen-bond acceptors (Lipinski definition) is 6. The van der Waals surface area contributed by atoms with Crippen molar-refractivity contribution in [3.8, 4) is 0 Å². The lowest BCUT2D eigenvalue weighted by Crippen LogP contribution is -2.46. The van der Waals surface area contributed by atoms with Gasteiger partial charge in [0.1, 0.15) is 16.8 Å². The Hall–Kier alpha value is -2.30. The lowest BCUT2D eigenvalue weighted by molar-refractivity contribution is -0.154. The molecule has 0 radical (unpaired) electrons. The zero-order valence-corrected chi connectivity index (χ0v) is 17.9. The third-order valence-electron chi connectivity index (χ3n) is 4.07. The number of carbonyl (C=O) groups excluding carboxylic acids is 2. The molecule has 29 heavy (non-hydrogen) atoms. The van der Waals surface area contributed by atoms with Crippen LogP contribution in [0.15, 0.2) is 46.7 Å². The van der Waals surface area contributed by atoms with E-state index in [1.54, 1.807) is 20.9 Å². The van der Waals surface area contributed by atoms with Gasteiger partial charge in [-0.05, 0) is 29.5 Å². The smallest absolute Gasteiger partial charge is 0.324 e. The molecule has 0 saturated carbocycles. The predicted octanol–water partition coefficient (Wildman–Crippen LogP) is 2.39. The van der Waals surface area contributed by atoms with Crippen molar-refractivity contribution in [1.29, 1.82) is 0 Å². The highest BCUT2D eigenvalue weighted by Crippen LogP contribution is 2.16. The fraction of sp³-hybridized carbons (Fsp3) is 0.368. The van der Waals surface area contributed by atoms with E-state index in [0.717, 1.165) is 17.0 Å². The van der Waals surface area contributed by atoms with E-state index in [1.807, 2.05) is 17.5 Å². The maximum atomic E-state index is 13.9. The molecule has 158 valence electrons. The summed E-state index contributed by atoms with van der Waals surface area (Å²) in [6.07, 6.45) is 0. The first-order valence-corrected chi connectivity index (χ1v) is 11.2. The Bertz CT molecular complexity index is 945. The van der Waals surface area contributed by atoms with Gasteiger partial charge in [-0.3, -0.25) is 9.59 Å². The minimum atomic E-state index is -4.29. The summed E-state index contributed by atoms with van der Waals surface area (Å²) in [5, 5.41) is 1.89. The summed E-state index contributed by atoms with van der Waals surface area (Å²) in [5.41, 5.74) is 0. The first kappa shape index (κ1) is 23.0.